The zero-order valence-electron chi connectivity index (χ0n) is 53.4. The van der Waals surface area contributed by atoms with Gasteiger partial charge in [0.05, 0.1) is 0 Å². The van der Waals surface area contributed by atoms with Gasteiger partial charge < -0.3 is 14.2 Å². The van der Waals surface area contributed by atoms with Crippen molar-refractivity contribution in [3.05, 3.63) is 170 Å². The monoisotopic (exact) mass is 1140 g/mol. The fourth-order valence-corrected chi connectivity index (χ4v) is 8.71. The lowest BCUT2D eigenvalue weighted by Crippen LogP contribution is -2.30. The van der Waals surface area contributed by atoms with Gasteiger partial charge in [-0.25, -0.2) is 0 Å². The summed E-state index contributed by atoms with van der Waals surface area (Å²) in [5.41, 5.74) is 0. The standard InChI is InChI=1S/C77H122O6/c1-4-7-10-13-16-19-22-25-28-31-34-36-37-38-39-41-43-46-49-52-55-58-61-64-67-70-76(79)82-73-74(72-81-75(78)69-66-63-60-57-54-51-48-45-42-33-30-27-24-21-18-15-12-9-6-3)83-77(80)71-68-65-62-59-56-53-50-47-44-40-35-32-29-26-23-20-17-14-11-8-5-2/h7,9-10,12,16,18-19,21,23,25-28,30,32,34-36,38-39,42-47,51,54,74H,4-6,8,11,13-15,17,20,22,24,29,31,33,37,40-41,48-50,52-53,55-73H2,1-3H3/b10-7-,12-9-,19-16-,21-18-,26-23-,28-25-,30-27-,35-32-,36-34-,39-38-,45-42-,46-43-,47-44-,54-51-. The summed E-state index contributed by atoms with van der Waals surface area (Å²) in [6.45, 7) is 6.35. The molecule has 0 radical (unpaired) electrons. The lowest BCUT2D eigenvalue weighted by Gasteiger charge is -2.18. The predicted molar refractivity (Wildman–Crippen MR) is 361 cm³/mol. The highest BCUT2D eigenvalue weighted by Crippen LogP contribution is 2.14. The molecule has 83 heavy (non-hydrogen) atoms. The second-order valence-corrected chi connectivity index (χ2v) is 21.6. The summed E-state index contributed by atoms with van der Waals surface area (Å²) in [6, 6.07) is 0. The van der Waals surface area contributed by atoms with E-state index in [0.717, 1.165) is 173 Å². The molecule has 466 valence electrons. The van der Waals surface area contributed by atoms with Crippen LogP contribution in [0.4, 0.5) is 0 Å². The largest absolute Gasteiger partial charge is 0.462 e. The predicted octanol–water partition coefficient (Wildman–Crippen LogP) is 23.4. The van der Waals surface area contributed by atoms with E-state index in [1.54, 1.807) is 0 Å². The number of hydrogen-bond donors (Lipinski definition) is 0. The molecule has 0 bridgehead atoms. The Morgan fingerprint density at radius 1 is 0.253 bits per heavy atom. The molecule has 0 aliphatic heterocycles. The smallest absolute Gasteiger partial charge is 0.306 e. The minimum Gasteiger partial charge on any atom is -0.462 e. The van der Waals surface area contributed by atoms with E-state index in [0.29, 0.717) is 19.3 Å². The van der Waals surface area contributed by atoms with Crippen molar-refractivity contribution >= 4 is 17.9 Å². The lowest BCUT2D eigenvalue weighted by atomic mass is 10.1. The molecular formula is C77H122O6. The van der Waals surface area contributed by atoms with Crippen molar-refractivity contribution in [3.8, 4) is 0 Å². The third-order valence-corrected chi connectivity index (χ3v) is 13.7. The van der Waals surface area contributed by atoms with Crippen molar-refractivity contribution in [1.29, 1.82) is 0 Å². The van der Waals surface area contributed by atoms with Crippen LogP contribution in [0.2, 0.25) is 0 Å². The summed E-state index contributed by atoms with van der Waals surface area (Å²) in [6.07, 6.45) is 102. The molecular weight excluding hydrogens is 1020 g/mol. The van der Waals surface area contributed by atoms with Crippen molar-refractivity contribution in [2.75, 3.05) is 13.2 Å². The van der Waals surface area contributed by atoms with Crippen molar-refractivity contribution in [1.82, 2.24) is 0 Å². The molecule has 0 rings (SSSR count). The van der Waals surface area contributed by atoms with Gasteiger partial charge in [-0.05, 0) is 154 Å². The quantitative estimate of drug-likeness (QED) is 0.0261. The zero-order chi connectivity index (χ0) is 59.9. The summed E-state index contributed by atoms with van der Waals surface area (Å²) >= 11 is 0. The van der Waals surface area contributed by atoms with Crippen molar-refractivity contribution in [2.45, 2.75) is 284 Å². The average Bonchev–Trinajstić information content (AvgIpc) is 3.50. The fraction of sp³-hybridized carbons (Fsp3) is 0.597. The van der Waals surface area contributed by atoms with Crippen LogP contribution in [0.15, 0.2) is 170 Å². The summed E-state index contributed by atoms with van der Waals surface area (Å²) in [4.78, 5) is 38.4. The minimum atomic E-state index is -0.817. The molecule has 1 atom stereocenters. The third kappa shape index (κ3) is 67.4. The summed E-state index contributed by atoms with van der Waals surface area (Å²) in [5, 5.41) is 0. The highest BCUT2D eigenvalue weighted by molar-refractivity contribution is 5.71. The zero-order valence-corrected chi connectivity index (χ0v) is 53.4. The Kier molecular flexibility index (Phi) is 64.9. The number of carbonyl (C=O) groups is 3. The van der Waals surface area contributed by atoms with Gasteiger partial charge in [-0.3, -0.25) is 14.4 Å². The van der Waals surface area contributed by atoms with E-state index in [1.807, 2.05) is 0 Å². The van der Waals surface area contributed by atoms with Crippen LogP contribution in [0.1, 0.15) is 278 Å². The average molecular weight is 1140 g/mol. The molecule has 0 heterocycles. The molecule has 0 aromatic heterocycles. The topological polar surface area (TPSA) is 78.9 Å². The maximum absolute atomic E-state index is 13.0. The molecule has 1 unspecified atom stereocenters. The molecule has 0 amide bonds. The SMILES string of the molecule is CC/C=C\C/C=C\C/C=C\C/C=C\C/C=C\C/C=C\CCCCCCCCC(=O)OCC(COC(=O)CCCCC/C=C\C/C=C\C/C=C\C/C=C\C/C=C\CC)OC(=O)CCCCCCCC/C=C\C/C=C\C/C=C\CCCCCCC. The Hall–Kier alpha value is -5.23. The molecule has 0 aromatic carbocycles. The summed E-state index contributed by atoms with van der Waals surface area (Å²) in [7, 11) is 0. The van der Waals surface area contributed by atoms with Crippen LogP contribution >= 0.6 is 0 Å². The second-order valence-electron chi connectivity index (χ2n) is 21.6. The highest BCUT2D eigenvalue weighted by Gasteiger charge is 2.19. The maximum Gasteiger partial charge on any atom is 0.306 e. The molecule has 6 nitrogen and oxygen atoms in total. The first-order valence-corrected chi connectivity index (χ1v) is 33.6. The van der Waals surface area contributed by atoms with Gasteiger partial charge in [0.2, 0.25) is 0 Å². The first kappa shape index (κ1) is 77.8. The molecule has 6 heteroatoms. The van der Waals surface area contributed by atoms with Crippen LogP contribution in [0.5, 0.6) is 0 Å². The van der Waals surface area contributed by atoms with Crippen LogP contribution < -0.4 is 0 Å². The third-order valence-electron chi connectivity index (χ3n) is 13.7. The molecule has 0 spiro atoms. The molecule has 0 fully saturated rings. The number of allylic oxidation sites excluding steroid dienone is 28. The molecule has 0 aromatic rings. The van der Waals surface area contributed by atoms with Crippen LogP contribution in [0.3, 0.4) is 0 Å². The molecule has 0 aliphatic rings. The highest BCUT2D eigenvalue weighted by atomic mass is 16.6. The molecule has 0 saturated heterocycles. The lowest BCUT2D eigenvalue weighted by molar-refractivity contribution is -0.167. The molecule has 0 N–H and O–H groups in total. The van der Waals surface area contributed by atoms with E-state index in [1.165, 1.54) is 64.2 Å². The van der Waals surface area contributed by atoms with Gasteiger partial charge in [-0.2, -0.15) is 0 Å². The fourth-order valence-electron chi connectivity index (χ4n) is 8.71. The van der Waals surface area contributed by atoms with Crippen LogP contribution in [-0.2, 0) is 28.6 Å². The molecule has 0 aliphatic carbocycles. The Bertz CT molecular complexity index is 1890. The van der Waals surface area contributed by atoms with Gasteiger partial charge >= 0.3 is 17.9 Å². The first-order chi connectivity index (χ1) is 41.0. The van der Waals surface area contributed by atoms with Gasteiger partial charge in [-0.1, -0.05) is 274 Å². The van der Waals surface area contributed by atoms with Crippen molar-refractivity contribution in [3.63, 3.8) is 0 Å². The Balaban J connectivity index is 4.53. The van der Waals surface area contributed by atoms with Crippen molar-refractivity contribution in [2.24, 2.45) is 0 Å². The summed E-state index contributed by atoms with van der Waals surface area (Å²) in [5.74, 6) is -0.971. The second kappa shape index (κ2) is 69.3. The Morgan fingerprint density at radius 2 is 0.470 bits per heavy atom. The molecule has 0 saturated carbocycles. The van der Waals surface area contributed by atoms with E-state index in [9.17, 15) is 14.4 Å². The Morgan fingerprint density at radius 3 is 0.747 bits per heavy atom. The number of ether oxygens (including phenoxy) is 3. The van der Waals surface area contributed by atoms with Crippen LogP contribution in [-0.4, -0.2) is 37.2 Å². The maximum atomic E-state index is 13.0. The Labute approximate surface area is 511 Å². The number of hydrogen-bond acceptors (Lipinski definition) is 6. The van der Waals surface area contributed by atoms with Crippen LogP contribution in [0.25, 0.3) is 0 Å². The van der Waals surface area contributed by atoms with E-state index in [4.69, 9.17) is 14.2 Å². The number of rotatable bonds is 59. The van der Waals surface area contributed by atoms with E-state index in [2.05, 4.69) is 191 Å². The minimum absolute atomic E-state index is 0.110. The van der Waals surface area contributed by atoms with Gasteiger partial charge in [0.1, 0.15) is 13.2 Å². The normalized spacial score (nSPS) is 13.2. The van der Waals surface area contributed by atoms with E-state index in [-0.39, 0.29) is 31.1 Å². The van der Waals surface area contributed by atoms with Gasteiger partial charge in [0, 0.05) is 19.3 Å². The van der Waals surface area contributed by atoms with Gasteiger partial charge in [0.15, 0.2) is 6.10 Å². The number of unbranched alkanes of at least 4 members (excludes halogenated alkanes) is 20. The van der Waals surface area contributed by atoms with E-state index >= 15 is 0 Å². The first-order valence-electron chi connectivity index (χ1n) is 33.6. The number of esters is 3. The van der Waals surface area contributed by atoms with Crippen molar-refractivity contribution < 1.29 is 28.6 Å². The van der Waals surface area contributed by atoms with Crippen LogP contribution in [0, 0.1) is 0 Å². The number of carbonyl (C=O) groups excluding carboxylic acids is 3. The van der Waals surface area contributed by atoms with Gasteiger partial charge in [-0.15, -0.1) is 0 Å². The summed E-state index contributed by atoms with van der Waals surface area (Å²) < 4.78 is 16.9. The van der Waals surface area contributed by atoms with Gasteiger partial charge in [0.25, 0.3) is 0 Å². The van der Waals surface area contributed by atoms with E-state index < -0.39 is 6.10 Å².